The highest BCUT2D eigenvalue weighted by Gasteiger charge is 2.52. The largest absolute Gasteiger partial charge is 0.457 e. The molecule has 3 aromatic heterocycles. The number of benzene rings is 15. The second kappa shape index (κ2) is 21.4. The van der Waals surface area contributed by atoms with Gasteiger partial charge in [-0.3, -0.25) is 0 Å². The van der Waals surface area contributed by atoms with Crippen molar-refractivity contribution in [2.45, 2.75) is 11.3 Å². The maximum atomic E-state index is 7.45. The van der Waals surface area contributed by atoms with Crippen LogP contribution >= 0.6 is 22.9 Å². The van der Waals surface area contributed by atoms with Gasteiger partial charge >= 0.3 is 0 Å². The van der Waals surface area contributed by atoms with E-state index in [2.05, 4.69) is 314 Å². The molecule has 96 heavy (non-hydrogen) atoms. The molecule has 6 heteroatoms. The van der Waals surface area contributed by atoms with Crippen LogP contribution < -0.4 is 9.64 Å². The summed E-state index contributed by atoms with van der Waals surface area (Å²) in [4.78, 5) is 2.48. The van der Waals surface area contributed by atoms with E-state index in [0.717, 1.165) is 145 Å². The Bertz CT molecular complexity index is 6220. The van der Waals surface area contributed by atoms with Gasteiger partial charge in [0.05, 0.1) is 16.8 Å². The molecule has 4 nitrogen and oxygen atoms in total. The summed E-state index contributed by atoms with van der Waals surface area (Å²) in [5, 5.41) is 9.71. The van der Waals surface area contributed by atoms with Gasteiger partial charge in [-0.15, -0.1) is 11.3 Å². The number of furan rings is 2. The molecule has 18 aromatic rings. The maximum absolute atomic E-state index is 7.45. The lowest BCUT2D eigenvalue weighted by atomic mass is 9.65. The van der Waals surface area contributed by atoms with Crippen LogP contribution in [-0.2, 0) is 5.41 Å². The van der Waals surface area contributed by atoms with Crippen molar-refractivity contribution in [1.82, 2.24) is 0 Å². The molecule has 0 N–H and O–H groups in total. The molecule has 1 spiro atoms. The Balaban J connectivity index is 0.829. The summed E-state index contributed by atoms with van der Waals surface area (Å²) in [7, 11) is 0. The zero-order valence-corrected chi connectivity index (χ0v) is 53.2. The molecule has 2 unspecified atom stereocenters. The molecule has 20 rings (SSSR count). The number of hydrogen-bond donors (Lipinski definition) is 0. The van der Waals surface area contributed by atoms with Gasteiger partial charge in [0.15, 0.2) is 0 Å². The summed E-state index contributed by atoms with van der Waals surface area (Å²) in [6, 6.07) is 117. The van der Waals surface area contributed by atoms with E-state index < -0.39 is 5.41 Å². The zero-order chi connectivity index (χ0) is 63.2. The van der Waals surface area contributed by atoms with E-state index in [1.54, 1.807) is 0 Å². The highest BCUT2D eigenvalue weighted by molar-refractivity contribution is 7.25. The number of thiophene rings is 1. The van der Waals surface area contributed by atoms with E-state index in [1.165, 1.54) is 36.5 Å². The molecule has 0 saturated carbocycles. The van der Waals surface area contributed by atoms with Gasteiger partial charge in [-0.1, -0.05) is 242 Å². The van der Waals surface area contributed by atoms with Crippen LogP contribution in [0.1, 0.15) is 44.9 Å². The van der Waals surface area contributed by atoms with Gasteiger partial charge in [0.25, 0.3) is 0 Å². The van der Waals surface area contributed by atoms with Gasteiger partial charge in [0.1, 0.15) is 33.8 Å². The summed E-state index contributed by atoms with van der Waals surface area (Å²) >= 11 is 9.00. The van der Waals surface area contributed by atoms with Crippen molar-refractivity contribution in [3.8, 4) is 56.0 Å². The average Bonchev–Trinajstić information content (AvgIpc) is 1.47. The van der Waals surface area contributed by atoms with Gasteiger partial charge < -0.3 is 18.5 Å². The molecule has 0 amide bonds. The fourth-order valence-corrected chi connectivity index (χ4v) is 17.3. The molecule has 450 valence electrons. The molecule has 1 aliphatic carbocycles. The van der Waals surface area contributed by atoms with Crippen molar-refractivity contribution in [1.29, 1.82) is 0 Å². The predicted molar refractivity (Wildman–Crippen MR) is 399 cm³/mol. The van der Waals surface area contributed by atoms with Crippen LogP contribution in [0.25, 0.3) is 119 Å². The molecular weight excluding hydrogens is 1210 g/mol. The summed E-state index contributed by atoms with van der Waals surface area (Å²) in [6.07, 6.45) is 0. The summed E-state index contributed by atoms with van der Waals surface area (Å²) in [5.74, 6) is 1.22. The molecule has 0 bridgehead atoms. The normalized spacial score (nSPS) is 14.2. The van der Waals surface area contributed by atoms with Crippen LogP contribution in [0.3, 0.4) is 0 Å². The van der Waals surface area contributed by atoms with E-state index in [1.807, 2.05) is 23.5 Å². The van der Waals surface area contributed by atoms with Crippen LogP contribution in [-0.4, -0.2) is 0 Å². The maximum Gasteiger partial charge on any atom is 0.143 e. The quantitative estimate of drug-likeness (QED) is 0.135. The van der Waals surface area contributed by atoms with Crippen LogP contribution in [0, 0.1) is 0 Å². The predicted octanol–water partition coefficient (Wildman–Crippen LogP) is 25.8. The Hall–Kier alpha value is -11.7. The van der Waals surface area contributed by atoms with Crippen molar-refractivity contribution in [2.75, 3.05) is 4.90 Å². The van der Waals surface area contributed by atoms with Crippen molar-refractivity contribution in [3.63, 3.8) is 0 Å². The summed E-state index contributed by atoms with van der Waals surface area (Å²) < 4.78 is 23.8. The smallest absolute Gasteiger partial charge is 0.143 e. The third-order valence-electron chi connectivity index (χ3n) is 20.3. The minimum atomic E-state index is -0.865. The summed E-state index contributed by atoms with van der Waals surface area (Å²) in [5.41, 5.74) is 22.2. The average molecular weight is 1260 g/mol. The van der Waals surface area contributed by atoms with Crippen LogP contribution in [0.4, 0.5) is 17.1 Å². The van der Waals surface area contributed by atoms with Crippen molar-refractivity contribution >= 4 is 115 Å². The molecule has 2 aliphatic rings. The van der Waals surface area contributed by atoms with Gasteiger partial charge in [-0.25, -0.2) is 0 Å². The van der Waals surface area contributed by atoms with Gasteiger partial charge in [0, 0.05) is 86.7 Å². The highest BCUT2D eigenvalue weighted by Crippen LogP contribution is 2.65. The Morgan fingerprint density at radius 2 is 1.00 bits per heavy atom. The molecule has 1 aliphatic heterocycles. The molecule has 15 aromatic carbocycles. The Labute approximate surface area is 562 Å². The van der Waals surface area contributed by atoms with Gasteiger partial charge in [0.2, 0.25) is 0 Å². The first-order valence-electron chi connectivity index (χ1n) is 32.6. The Morgan fingerprint density at radius 3 is 1.84 bits per heavy atom. The lowest BCUT2D eigenvalue weighted by molar-refractivity contribution is 0.435. The number of fused-ring (bicyclic) bond motifs is 19. The molecule has 4 heterocycles. The fourth-order valence-electron chi connectivity index (χ4n) is 16.1. The van der Waals surface area contributed by atoms with Crippen molar-refractivity contribution < 1.29 is 13.6 Å². The number of ether oxygens (including phenoxy) is 1. The number of anilines is 3. The van der Waals surface area contributed by atoms with E-state index >= 15 is 0 Å². The number of rotatable bonds is 9. The first-order chi connectivity index (χ1) is 47.5. The van der Waals surface area contributed by atoms with Gasteiger partial charge in [-0.05, 0) is 157 Å². The minimum absolute atomic E-state index is 0.261. The van der Waals surface area contributed by atoms with E-state index in [-0.39, 0.29) is 5.92 Å². The number of nitrogens with zero attached hydrogens (tertiary/aromatic N) is 1. The SMILES string of the molecule is Clc1ccc2c(c1)Oc1cc(C(c3ccc(-c4ccccc4)cc3)c3cc(-c4ccc5ccccc5c4)c4oc5ccccc5c4c3)ccc1C21c2ccccc2-c2c(N(c3cc(-c4ccccc4)c4c(c3)oc3ccccc34)c3ccc4sc5ccccc5c4c3)cccc21. The van der Waals surface area contributed by atoms with Crippen LogP contribution in [0.5, 0.6) is 11.5 Å². The second-order valence-electron chi connectivity index (χ2n) is 25.5. The van der Waals surface area contributed by atoms with Crippen molar-refractivity contribution in [3.05, 3.63) is 365 Å². The topological polar surface area (TPSA) is 38.8 Å². The molecular formula is C90H54ClNO3S. The van der Waals surface area contributed by atoms with Gasteiger partial charge in [-0.2, -0.15) is 0 Å². The summed E-state index contributed by atoms with van der Waals surface area (Å²) in [6.45, 7) is 0. The minimum Gasteiger partial charge on any atom is -0.457 e. The second-order valence-corrected chi connectivity index (χ2v) is 27.0. The highest BCUT2D eigenvalue weighted by atomic mass is 35.5. The number of para-hydroxylation sites is 2. The first-order valence-corrected chi connectivity index (χ1v) is 33.8. The molecule has 0 radical (unpaired) electrons. The van der Waals surface area contributed by atoms with E-state index in [9.17, 15) is 0 Å². The monoisotopic (exact) mass is 1260 g/mol. The third-order valence-corrected chi connectivity index (χ3v) is 21.7. The van der Waals surface area contributed by atoms with E-state index in [4.69, 9.17) is 25.2 Å². The van der Waals surface area contributed by atoms with Crippen LogP contribution in [0.15, 0.2) is 330 Å². The lowest BCUT2D eigenvalue weighted by Gasteiger charge is -2.40. The zero-order valence-electron chi connectivity index (χ0n) is 51.6. The van der Waals surface area contributed by atoms with E-state index in [0.29, 0.717) is 10.8 Å². The van der Waals surface area contributed by atoms with Crippen LogP contribution in [0.2, 0.25) is 5.02 Å². The fraction of sp³-hybridized carbons (Fsp3) is 0.0222. The number of halogens is 1. The lowest BCUT2D eigenvalue weighted by Crippen LogP contribution is -2.32. The first kappa shape index (κ1) is 54.8. The standard InChI is InChI=1S/C90H54ClNO3S/c91-63-41-44-76-82(50-63)94-81-49-61(86(58-37-34-56(35-38-58)54-18-3-1-4-19-54)62-47-71(60-39-36-55-20-7-8-23-59(55)46-60)89-73(48-62)66-24-10-14-31-79(66)95-89)40-43-75(81)90(76)74-28-13-9-26-68(74)88-77(90)29-17-30-78(88)92(64-42-45-85-72(51-64)67-25-12-16-33-84(67)96-85)65-52-70(57-21-5-2-6-22-57)87-69-27-11-15-32-80(69)93-83(87)53-65/h1-53,86H. The molecule has 0 fully saturated rings. The molecule has 2 atom stereocenters. The molecule has 0 saturated heterocycles. The number of hydrogen-bond acceptors (Lipinski definition) is 5. The third kappa shape index (κ3) is 8.34. The van der Waals surface area contributed by atoms with Crippen molar-refractivity contribution in [2.24, 2.45) is 0 Å². The Morgan fingerprint density at radius 1 is 0.344 bits per heavy atom. The Kier molecular flexibility index (Phi) is 12.2.